The third-order valence-corrected chi connectivity index (χ3v) is 8.52. The molecule has 38 heavy (non-hydrogen) atoms. The molecule has 0 N–H and O–H groups in total. The Labute approximate surface area is 220 Å². The van der Waals surface area contributed by atoms with Crippen LogP contribution in [-0.2, 0) is 9.31 Å². The first-order valence-electron chi connectivity index (χ1n) is 13.0. The summed E-state index contributed by atoms with van der Waals surface area (Å²) in [5.41, 5.74) is -0.446. The highest BCUT2D eigenvalue weighted by Crippen LogP contribution is 2.39. The minimum Gasteiger partial charge on any atom is -0.399 e. The van der Waals surface area contributed by atoms with Crippen LogP contribution in [0.15, 0.2) is 30.6 Å². The monoisotopic (exact) mass is 535 g/mol. The molecule has 4 heterocycles. The number of halogens is 3. The summed E-state index contributed by atoms with van der Waals surface area (Å²) in [5.74, 6) is -3.64. The second-order valence-corrected chi connectivity index (χ2v) is 11.5. The lowest BCUT2D eigenvalue weighted by Crippen LogP contribution is -2.55. The van der Waals surface area contributed by atoms with Crippen molar-refractivity contribution in [2.24, 2.45) is 0 Å². The third-order valence-electron chi connectivity index (χ3n) is 8.52. The number of rotatable bonds is 5. The van der Waals surface area contributed by atoms with Crippen molar-refractivity contribution in [2.75, 3.05) is 31.1 Å². The Kier molecular flexibility index (Phi) is 6.76. The number of non-ortho nitro benzene ring substituents is 1. The van der Waals surface area contributed by atoms with Gasteiger partial charge in [0.2, 0.25) is 0 Å². The zero-order valence-electron chi connectivity index (χ0n) is 22.1. The quantitative estimate of drug-likeness (QED) is 0.327. The summed E-state index contributed by atoms with van der Waals surface area (Å²) in [6, 6.07) is 2.50. The molecule has 9 nitrogen and oxygen atoms in total. The molecule has 0 spiro atoms. The molecule has 3 saturated heterocycles. The van der Waals surface area contributed by atoms with E-state index in [2.05, 4.69) is 5.10 Å². The molecule has 0 amide bonds. The van der Waals surface area contributed by atoms with Gasteiger partial charge in [0.05, 0.1) is 34.4 Å². The number of alkyl halides is 2. The maximum Gasteiger partial charge on any atom is 0.498 e. The van der Waals surface area contributed by atoms with E-state index in [9.17, 15) is 14.5 Å². The lowest BCUT2D eigenvalue weighted by Gasteiger charge is -2.45. The Morgan fingerprint density at radius 1 is 1.08 bits per heavy atom. The molecule has 1 unspecified atom stereocenters. The first-order valence-corrected chi connectivity index (χ1v) is 13.0. The highest BCUT2D eigenvalue weighted by Gasteiger charge is 2.53. The van der Waals surface area contributed by atoms with E-state index < -0.39 is 41.0 Å². The third kappa shape index (κ3) is 4.91. The highest BCUT2D eigenvalue weighted by molar-refractivity contribution is 6.62. The molecule has 0 bridgehead atoms. The van der Waals surface area contributed by atoms with Gasteiger partial charge in [-0.25, -0.2) is 13.2 Å². The van der Waals surface area contributed by atoms with Gasteiger partial charge in [-0.2, -0.15) is 5.10 Å². The Bertz CT molecular complexity index is 1190. The van der Waals surface area contributed by atoms with Crippen LogP contribution in [0.3, 0.4) is 0 Å². The molecule has 3 aliphatic heterocycles. The topological polar surface area (TPSA) is 85.9 Å². The Morgan fingerprint density at radius 3 is 2.32 bits per heavy atom. The fourth-order valence-corrected chi connectivity index (χ4v) is 5.55. The van der Waals surface area contributed by atoms with E-state index in [0.29, 0.717) is 43.6 Å². The Morgan fingerprint density at radius 2 is 1.74 bits per heavy atom. The molecule has 3 fully saturated rings. The summed E-state index contributed by atoms with van der Waals surface area (Å²) in [5, 5.41) is 15.1. The van der Waals surface area contributed by atoms with Crippen molar-refractivity contribution in [3.63, 3.8) is 0 Å². The van der Waals surface area contributed by atoms with Crippen LogP contribution in [-0.4, -0.2) is 76.1 Å². The van der Waals surface area contributed by atoms with Crippen LogP contribution in [0.25, 0.3) is 0 Å². The molecule has 206 valence electrons. The molecule has 1 atom stereocenters. The van der Waals surface area contributed by atoms with Crippen molar-refractivity contribution < 1.29 is 27.4 Å². The predicted octanol–water partition coefficient (Wildman–Crippen LogP) is 3.78. The van der Waals surface area contributed by atoms with Crippen LogP contribution in [0.4, 0.5) is 24.5 Å². The van der Waals surface area contributed by atoms with Crippen molar-refractivity contribution in [1.29, 1.82) is 0 Å². The number of nitro groups is 1. The Hall–Kier alpha value is -2.64. The second kappa shape index (κ2) is 9.53. The van der Waals surface area contributed by atoms with Crippen LogP contribution in [0.5, 0.6) is 0 Å². The van der Waals surface area contributed by atoms with Crippen molar-refractivity contribution >= 4 is 24.0 Å². The van der Waals surface area contributed by atoms with Gasteiger partial charge in [0.15, 0.2) is 5.82 Å². The number of nitro benzene ring substituents is 1. The number of nitrogens with zero attached hydrogens (tertiary/aromatic N) is 5. The minimum absolute atomic E-state index is 0.0443. The number of benzene rings is 1. The van der Waals surface area contributed by atoms with Gasteiger partial charge in [-0.1, -0.05) is 0 Å². The molecule has 2 aromatic rings. The normalized spacial score (nSPS) is 25.6. The van der Waals surface area contributed by atoms with Crippen LogP contribution in [0.1, 0.15) is 53.0 Å². The maximum atomic E-state index is 15.4. The summed E-state index contributed by atoms with van der Waals surface area (Å²) < 4.78 is 58.7. The fourth-order valence-electron chi connectivity index (χ4n) is 5.55. The number of aromatic nitrogens is 2. The van der Waals surface area contributed by atoms with Crippen LogP contribution in [0.2, 0.25) is 0 Å². The minimum atomic E-state index is -2.99. The summed E-state index contributed by atoms with van der Waals surface area (Å²) in [7, 11) is -0.659. The summed E-state index contributed by atoms with van der Waals surface area (Å²) in [6.45, 7) is 8.86. The maximum absolute atomic E-state index is 15.4. The van der Waals surface area contributed by atoms with Crippen molar-refractivity contribution in [1.82, 2.24) is 14.7 Å². The number of likely N-dealkylation sites (tertiary alicyclic amines) is 1. The number of hydrogen-bond acceptors (Lipinski definition) is 7. The van der Waals surface area contributed by atoms with E-state index in [1.54, 1.807) is 6.20 Å². The van der Waals surface area contributed by atoms with E-state index >= 15 is 8.78 Å². The van der Waals surface area contributed by atoms with Gasteiger partial charge >= 0.3 is 7.12 Å². The molecule has 5 rings (SSSR count). The SMILES string of the molecule is CC1(C)OB(c2cnn(C3CCN(C4CCN(c5ccc([N+](=O)[O-])cc5F)CC4)CC3(F)F)c2)OC1(C)C. The molecule has 1 aromatic heterocycles. The van der Waals surface area contributed by atoms with Gasteiger partial charge in [-0.05, 0) is 53.0 Å². The lowest BCUT2D eigenvalue weighted by atomic mass is 9.82. The van der Waals surface area contributed by atoms with Crippen molar-refractivity contribution in [2.45, 2.75) is 76.2 Å². The molecule has 0 radical (unpaired) electrons. The largest absolute Gasteiger partial charge is 0.498 e. The fraction of sp³-hybridized carbons (Fsp3) is 0.640. The molecule has 0 aliphatic carbocycles. The Balaban J connectivity index is 1.19. The zero-order valence-corrected chi connectivity index (χ0v) is 22.1. The highest BCUT2D eigenvalue weighted by atomic mass is 19.3. The van der Waals surface area contributed by atoms with Crippen LogP contribution < -0.4 is 10.4 Å². The van der Waals surface area contributed by atoms with Gasteiger partial charge in [-0.3, -0.25) is 19.7 Å². The van der Waals surface area contributed by atoms with E-state index in [-0.39, 0.29) is 24.7 Å². The first-order chi connectivity index (χ1) is 17.8. The average Bonchev–Trinajstić information content (AvgIpc) is 3.40. The van der Waals surface area contributed by atoms with Gasteiger partial charge in [0.1, 0.15) is 6.04 Å². The van der Waals surface area contributed by atoms with Crippen LogP contribution in [0, 0.1) is 15.9 Å². The van der Waals surface area contributed by atoms with Crippen molar-refractivity contribution in [3.05, 3.63) is 46.5 Å². The van der Waals surface area contributed by atoms with E-state index in [1.165, 1.54) is 23.0 Å². The van der Waals surface area contributed by atoms with Gasteiger partial charge in [-0.15, -0.1) is 0 Å². The zero-order chi connectivity index (χ0) is 27.5. The number of piperidine rings is 2. The second-order valence-electron chi connectivity index (χ2n) is 11.5. The molecule has 3 aliphatic rings. The summed E-state index contributed by atoms with van der Waals surface area (Å²) in [6.07, 6.45) is 4.59. The smallest absolute Gasteiger partial charge is 0.399 e. The average molecular weight is 535 g/mol. The van der Waals surface area contributed by atoms with E-state index in [0.717, 1.165) is 6.07 Å². The van der Waals surface area contributed by atoms with Crippen molar-refractivity contribution in [3.8, 4) is 0 Å². The standard InChI is InChI=1S/C25H33BF3N5O4/c1-23(2)24(3,4)38-26(37-23)17-14-30-33(15-17)22-9-12-32(16-25(22,28)29)18-7-10-31(11-8-18)21-6-5-19(34(35)36)13-20(21)27/h5-6,13-15,18,22H,7-12,16H2,1-4H3. The molecule has 1 aromatic carbocycles. The first kappa shape index (κ1) is 27.0. The molecular formula is C25H33BF3N5O4. The van der Waals surface area contributed by atoms with E-state index in [4.69, 9.17) is 9.31 Å². The van der Waals surface area contributed by atoms with Crippen LogP contribution >= 0.6 is 0 Å². The van der Waals surface area contributed by atoms with E-state index in [1.807, 2.05) is 37.5 Å². The molecular weight excluding hydrogens is 502 g/mol. The van der Waals surface area contributed by atoms with Gasteiger partial charge < -0.3 is 14.2 Å². The molecule has 0 saturated carbocycles. The number of hydrogen-bond donors (Lipinski definition) is 0. The molecule has 13 heteroatoms. The lowest BCUT2D eigenvalue weighted by molar-refractivity contribution is -0.385. The van der Waals surface area contributed by atoms with Gasteiger partial charge in [0.25, 0.3) is 11.6 Å². The number of anilines is 1. The summed E-state index contributed by atoms with van der Waals surface area (Å²) in [4.78, 5) is 13.9. The predicted molar refractivity (Wildman–Crippen MR) is 136 cm³/mol. The van der Waals surface area contributed by atoms with Gasteiger partial charge in [0, 0.05) is 49.6 Å². The summed E-state index contributed by atoms with van der Waals surface area (Å²) >= 11 is 0.